The molecule has 0 unspecified atom stereocenters. The van der Waals surface area contributed by atoms with Crippen LogP contribution in [-0.4, -0.2) is 57.7 Å². The number of aryl methyl sites for hydroxylation is 2. The molecule has 1 heterocycles. The van der Waals surface area contributed by atoms with Crippen LogP contribution in [0.4, 0.5) is 0 Å². The Morgan fingerprint density at radius 2 is 1.70 bits per heavy atom. The number of hydrogen-bond acceptors (Lipinski definition) is 7. The zero-order chi connectivity index (χ0) is 21.8. The molecule has 0 amide bonds. The molecule has 5 atom stereocenters. The van der Waals surface area contributed by atoms with Crippen LogP contribution in [0.2, 0.25) is 0 Å². The van der Waals surface area contributed by atoms with E-state index >= 15 is 0 Å². The van der Waals surface area contributed by atoms with Crippen LogP contribution in [0.3, 0.4) is 0 Å². The van der Waals surface area contributed by atoms with Crippen LogP contribution in [-0.2, 0) is 17.6 Å². The van der Waals surface area contributed by atoms with Gasteiger partial charge in [-0.1, -0.05) is 31.2 Å². The van der Waals surface area contributed by atoms with Gasteiger partial charge in [-0.3, -0.25) is 0 Å². The van der Waals surface area contributed by atoms with Crippen molar-refractivity contribution in [2.24, 2.45) is 0 Å². The summed E-state index contributed by atoms with van der Waals surface area (Å²) < 4.78 is 11.2. The lowest BCUT2D eigenvalue weighted by Crippen LogP contribution is -2.60. The van der Waals surface area contributed by atoms with Crippen molar-refractivity contribution < 1.29 is 29.9 Å². The van der Waals surface area contributed by atoms with Crippen LogP contribution in [0.1, 0.15) is 34.7 Å². The van der Waals surface area contributed by atoms with Gasteiger partial charge in [0.05, 0.1) is 18.2 Å². The molecular formula is C23H27NO6. The van der Waals surface area contributed by atoms with Crippen LogP contribution in [0.5, 0.6) is 5.75 Å². The Balaban J connectivity index is 1.86. The lowest BCUT2D eigenvalue weighted by atomic mass is 9.97. The summed E-state index contributed by atoms with van der Waals surface area (Å²) in [6, 6.07) is 13.8. The molecule has 7 heteroatoms. The number of rotatable bonds is 6. The molecular weight excluding hydrogens is 386 g/mol. The summed E-state index contributed by atoms with van der Waals surface area (Å²) in [5.74, 6) is 0.388. The maximum Gasteiger partial charge on any atom is 0.229 e. The first kappa shape index (κ1) is 22.2. The van der Waals surface area contributed by atoms with Gasteiger partial charge in [0.15, 0.2) is 0 Å². The van der Waals surface area contributed by atoms with Gasteiger partial charge >= 0.3 is 0 Å². The molecule has 2 aromatic carbocycles. The third-order valence-electron chi connectivity index (χ3n) is 5.44. The number of nitrogens with zero attached hydrogens (tertiary/aromatic N) is 1. The number of benzene rings is 2. The van der Waals surface area contributed by atoms with Crippen molar-refractivity contribution in [3.8, 4) is 11.8 Å². The Kier molecular flexibility index (Phi) is 7.08. The first-order chi connectivity index (χ1) is 14.4. The second-order valence-corrected chi connectivity index (χ2v) is 7.55. The third kappa shape index (κ3) is 4.64. The second kappa shape index (κ2) is 9.56. The lowest BCUT2D eigenvalue weighted by Gasteiger charge is -2.39. The summed E-state index contributed by atoms with van der Waals surface area (Å²) in [4.78, 5) is 0. The molecule has 30 heavy (non-hydrogen) atoms. The molecule has 0 saturated carbocycles. The third-order valence-corrected chi connectivity index (χ3v) is 5.44. The Hall–Kier alpha value is -2.47. The minimum absolute atomic E-state index is 0.388. The van der Waals surface area contributed by atoms with Crippen molar-refractivity contribution in [3.63, 3.8) is 0 Å². The largest absolute Gasteiger partial charge is 0.462 e. The number of aliphatic hydroxyl groups is 4. The first-order valence-corrected chi connectivity index (χ1v) is 9.96. The normalized spacial score (nSPS) is 26.2. The van der Waals surface area contributed by atoms with Gasteiger partial charge in [-0.25, -0.2) is 0 Å². The topological polar surface area (TPSA) is 123 Å². The molecule has 0 aliphatic carbocycles. The van der Waals surface area contributed by atoms with Gasteiger partial charge in [-0.2, -0.15) is 5.26 Å². The molecule has 160 valence electrons. The highest BCUT2D eigenvalue weighted by atomic mass is 16.7. The SMILES string of the molecule is CCc1ccc(Cc2cc(O[C@@H]3O[C@H](CO)[C@@H](O)[C@H](O)[C@H]3O)c(C)cc2C#N)cc1. The van der Waals surface area contributed by atoms with Gasteiger partial charge in [-0.05, 0) is 54.2 Å². The average molecular weight is 413 g/mol. The number of aliphatic hydroxyl groups excluding tert-OH is 4. The highest BCUT2D eigenvalue weighted by Crippen LogP contribution is 2.29. The fraction of sp³-hybridized carbons (Fsp3) is 0.435. The maximum absolute atomic E-state index is 10.2. The minimum atomic E-state index is -1.52. The van der Waals surface area contributed by atoms with Crippen LogP contribution in [0.15, 0.2) is 36.4 Å². The van der Waals surface area contributed by atoms with Gasteiger partial charge in [0, 0.05) is 0 Å². The smallest absolute Gasteiger partial charge is 0.229 e. The maximum atomic E-state index is 10.2. The van der Waals surface area contributed by atoms with E-state index in [-0.39, 0.29) is 0 Å². The minimum Gasteiger partial charge on any atom is -0.462 e. The van der Waals surface area contributed by atoms with E-state index in [0.717, 1.165) is 17.5 Å². The molecule has 1 aliphatic rings. The predicted molar refractivity (Wildman–Crippen MR) is 109 cm³/mol. The highest BCUT2D eigenvalue weighted by molar-refractivity contribution is 5.49. The van der Waals surface area contributed by atoms with Crippen LogP contribution in [0, 0.1) is 18.3 Å². The van der Waals surface area contributed by atoms with Crippen molar-refractivity contribution in [2.75, 3.05) is 6.61 Å². The molecule has 0 radical (unpaired) electrons. The molecule has 2 aromatic rings. The number of nitriles is 1. The molecule has 7 nitrogen and oxygen atoms in total. The lowest BCUT2D eigenvalue weighted by molar-refractivity contribution is -0.277. The summed E-state index contributed by atoms with van der Waals surface area (Å²) in [7, 11) is 0. The van der Waals surface area contributed by atoms with Crippen LogP contribution < -0.4 is 4.74 Å². The molecule has 4 N–H and O–H groups in total. The van der Waals surface area contributed by atoms with Crippen molar-refractivity contribution in [1.29, 1.82) is 5.26 Å². The molecule has 0 spiro atoms. The van der Waals surface area contributed by atoms with E-state index in [9.17, 15) is 25.7 Å². The summed E-state index contributed by atoms with van der Waals surface area (Å²) >= 11 is 0. The zero-order valence-corrected chi connectivity index (χ0v) is 17.0. The monoisotopic (exact) mass is 413 g/mol. The first-order valence-electron chi connectivity index (χ1n) is 9.96. The molecule has 0 bridgehead atoms. The molecule has 3 rings (SSSR count). The quantitative estimate of drug-likeness (QED) is 0.561. The fourth-order valence-corrected chi connectivity index (χ4v) is 3.51. The van der Waals surface area contributed by atoms with Gasteiger partial charge in [-0.15, -0.1) is 0 Å². The fourth-order valence-electron chi connectivity index (χ4n) is 3.51. The molecule has 1 aliphatic heterocycles. The zero-order valence-electron chi connectivity index (χ0n) is 17.0. The van der Waals surface area contributed by atoms with E-state index in [1.165, 1.54) is 5.56 Å². The number of ether oxygens (including phenoxy) is 2. The van der Waals surface area contributed by atoms with Crippen LogP contribution >= 0.6 is 0 Å². The average Bonchev–Trinajstić information content (AvgIpc) is 2.76. The van der Waals surface area contributed by atoms with E-state index in [1.807, 2.05) is 12.1 Å². The number of hydrogen-bond donors (Lipinski definition) is 4. The van der Waals surface area contributed by atoms with E-state index in [2.05, 4.69) is 25.1 Å². The molecule has 1 saturated heterocycles. The Bertz CT molecular complexity index is 905. The second-order valence-electron chi connectivity index (χ2n) is 7.55. The summed E-state index contributed by atoms with van der Waals surface area (Å²) in [5.41, 5.74) is 4.22. The van der Waals surface area contributed by atoms with E-state index in [4.69, 9.17) is 9.47 Å². The van der Waals surface area contributed by atoms with Gasteiger partial charge in [0.2, 0.25) is 6.29 Å². The van der Waals surface area contributed by atoms with E-state index in [0.29, 0.717) is 23.3 Å². The standard InChI is InChI=1S/C23H27NO6/c1-3-14-4-6-15(7-5-14)9-16-10-18(13(2)8-17(16)11-24)29-23-22(28)21(27)20(26)19(12-25)30-23/h4-8,10,19-23,25-28H,3,9,12H2,1-2H3/t19-,20-,21+,22-,23-/m1/s1. The summed E-state index contributed by atoms with van der Waals surface area (Å²) in [6.07, 6.45) is -5.32. The summed E-state index contributed by atoms with van der Waals surface area (Å²) in [5, 5.41) is 49.0. The highest BCUT2D eigenvalue weighted by Gasteiger charge is 2.44. The van der Waals surface area contributed by atoms with Crippen molar-refractivity contribution in [3.05, 3.63) is 64.2 Å². The van der Waals surface area contributed by atoms with Crippen molar-refractivity contribution in [1.82, 2.24) is 0 Å². The van der Waals surface area contributed by atoms with Crippen molar-refractivity contribution in [2.45, 2.75) is 57.4 Å². The van der Waals surface area contributed by atoms with Crippen molar-refractivity contribution >= 4 is 0 Å². The van der Waals surface area contributed by atoms with E-state index in [1.54, 1.807) is 19.1 Å². The van der Waals surface area contributed by atoms with Gasteiger partial charge in [0.25, 0.3) is 0 Å². The Morgan fingerprint density at radius 3 is 2.30 bits per heavy atom. The Morgan fingerprint density at radius 1 is 1.03 bits per heavy atom. The molecule has 1 fully saturated rings. The van der Waals surface area contributed by atoms with Crippen LogP contribution in [0.25, 0.3) is 0 Å². The molecule has 0 aromatic heterocycles. The Labute approximate surface area is 175 Å². The summed E-state index contributed by atoms with van der Waals surface area (Å²) in [6.45, 7) is 3.32. The van der Waals surface area contributed by atoms with Gasteiger partial charge < -0.3 is 29.9 Å². The van der Waals surface area contributed by atoms with Gasteiger partial charge in [0.1, 0.15) is 30.2 Å². The predicted octanol–water partition coefficient (Wildman–Crippen LogP) is 1.20. The van der Waals surface area contributed by atoms with E-state index < -0.39 is 37.3 Å².